The number of anilines is 1. The SMILES string of the molecule is O=C(CSc1ncccn1)N(C[C@@H]1CCCO1)c1nc(-c2ccc(Br)cc2)cs1. The molecule has 4 rings (SSSR count). The molecule has 0 aliphatic carbocycles. The van der Waals surface area contributed by atoms with Gasteiger partial charge in [-0.25, -0.2) is 15.0 Å². The molecule has 1 aromatic carbocycles. The van der Waals surface area contributed by atoms with Crippen LogP contribution in [0, 0.1) is 0 Å². The predicted molar refractivity (Wildman–Crippen MR) is 119 cm³/mol. The van der Waals surface area contributed by atoms with Gasteiger partial charge in [-0.1, -0.05) is 39.8 Å². The third kappa shape index (κ3) is 5.42. The molecule has 9 heteroatoms. The van der Waals surface area contributed by atoms with Crippen LogP contribution in [0.3, 0.4) is 0 Å². The van der Waals surface area contributed by atoms with Crippen molar-refractivity contribution in [3.8, 4) is 11.3 Å². The summed E-state index contributed by atoms with van der Waals surface area (Å²) in [5, 5.41) is 3.27. The Morgan fingerprint density at radius 2 is 2.07 bits per heavy atom. The topological polar surface area (TPSA) is 68.2 Å². The van der Waals surface area contributed by atoms with Crippen LogP contribution in [0.5, 0.6) is 0 Å². The van der Waals surface area contributed by atoms with E-state index in [-0.39, 0.29) is 17.8 Å². The second-order valence-corrected chi connectivity index (χ2v) is 9.18. The summed E-state index contributed by atoms with van der Waals surface area (Å²) in [6, 6.07) is 9.75. The first-order valence-corrected chi connectivity index (χ1v) is 11.9. The number of benzene rings is 1. The summed E-state index contributed by atoms with van der Waals surface area (Å²) in [6.07, 6.45) is 5.40. The van der Waals surface area contributed by atoms with E-state index in [0.29, 0.717) is 16.8 Å². The summed E-state index contributed by atoms with van der Waals surface area (Å²) in [5.74, 6) is 0.235. The van der Waals surface area contributed by atoms with Crippen molar-refractivity contribution in [1.29, 1.82) is 0 Å². The van der Waals surface area contributed by atoms with E-state index in [0.717, 1.165) is 35.2 Å². The van der Waals surface area contributed by atoms with Crippen LogP contribution in [0.4, 0.5) is 5.13 Å². The highest BCUT2D eigenvalue weighted by molar-refractivity contribution is 9.10. The number of carbonyl (C=O) groups excluding carboxylic acids is 1. The minimum atomic E-state index is -0.0188. The smallest absolute Gasteiger partial charge is 0.239 e. The van der Waals surface area contributed by atoms with Gasteiger partial charge in [0.05, 0.1) is 24.1 Å². The third-order valence-electron chi connectivity index (χ3n) is 4.44. The first-order chi connectivity index (χ1) is 14.2. The summed E-state index contributed by atoms with van der Waals surface area (Å²) in [6.45, 7) is 1.27. The lowest BCUT2D eigenvalue weighted by molar-refractivity contribution is -0.116. The summed E-state index contributed by atoms with van der Waals surface area (Å²) >= 11 is 6.26. The van der Waals surface area contributed by atoms with Crippen molar-refractivity contribution in [2.75, 3.05) is 23.8 Å². The molecule has 1 amide bonds. The molecule has 1 aliphatic heterocycles. The second-order valence-electron chi connectivity index (χ2n) is 6.48. The summed E-state index contributed by atoms with van der Waals surface area (Å²) in [7, 11) is 0. The minimum Gasteiger partial charge on any atom is -0.376 e. The summed E-state index contributed by atoms with van der Waals surface area (Å²) in [5.41, 5.74) is 1.88. The molecule has 1 aliphatic rings. The largest absolute Gasteiger partial charge is 0.376 e. The molecule has 1 atom stereocenters. The number of thioether (sulfide) groups is 1. The van der Waals surface area contributed by atoms with Crippen LogP contribution in [-0.2, 0) is 9.53 Å². The Hall–Kier alpha value is -1.81. The molecule has 6 nitrogen and oxygen atoms in total. The van der Waals surface area contributed by atoms with Crippen molar-refractivity contribution >= 4 is 50.1 Å². The second kappa shape index (κ2) is 9.80. The molecule has 0 saturated carbocycles. The van der Waals surface area contributed by atoms with E-state index in [1.807, 2.05) is 29.6 Å². The number of carbonyl (C=O) groups is 1. The quantitative estimate of drug-likeness (QED) is 0.354. The fraction of sp³-hybridized carbons (Fsp3) is 0.300. The van der Waals surface area contributed by atoms with Gasteiger partial charge < -0.3 is 4.74 Å². The summed E-state index contributed by atoms with van der Waals surface area (Å²) < 4.78 is 6.79. The van der Waals surface area contributed by atoms with E-state index in [9.17, 15) is 4.79 Å². The van der Waals surface area contributed by atoms with E-state index in [2.05, 4.69) is 25.9 Å². The number of nitrogens with zero attached hydrogens (tertiary/aromatic N) is 4. The van der Waals surface area contributed by atoms with Crippen LogP contribution in [0.25, 0.3) is 11.3 Å². The molecule has 1 fully saturated rings. The lowest BCUT2D eigenvalue weighted by atomic mass is 10.2. The van der Waals surface area contributed by atoms with Crippen LogP contribution < -0.4 is 4.90 Å². The fourth-order valence-electron chi connectivity index (χ4n) is 2.98. The zero-order chi connectivity index (χ0) is 20.1. The van der Waals surface area contributed by atoms with E-state index in [1.165, 1.54) is 23.1 Å². The Labute approximate surface area is 185 Å². The number of aromatic nitrogens is 3. The molecule has 0 spiro atoms. The molecule has 3 heterocycles. The Morgan fingerprint density at radius 1 is 1.28 bits per heavy atom. The molecule has 1 saturated heterocycles. The van der Waals surface area contributed by atoms with Crippen molar-refractivity contribution in [2.24, 2.45) is 0 Å². The molecule has 0 N–H and O–H groups in total. The molecule has 2 aromatic heterocycles. The Morgan fingerprint density at radius 3 is 2.79 bits per heavy atom. The van der Waals surface area contributed by atoms with Gasteiger partial charge in [0.2, 0.25) is 5.91 Å². The molecule has 0 bridgehead atoms. The van der Waals surface area contributed by atoms with Gasteiger partial charge in [0, 0.05) is 34.4 Å². The molecular formula is C20H19BrN4O2S2. The molecule has 0 radical (unpaired) electrons. The fourth-order valence-corrected chi connectivity index (χ4v) is 4.79. The number of hydrogen-bond donors (Lipinski definition) is 0. The molecule has 3 aromatic rings. The van der Waals surface area contributed by atoms with Gasteiger partial charge in [0.25, 0.3) is 0 Å². The maximum atomic E-state index is 13.0. The number of rotatable bonds is 7. The molecule has 0 unspecified atom stereocenters. The number of hydrogen-bond acceptors (Lipinski definition) is 7. The lowest BCUT2D eigenvalue weighted by Crippen LogP contribution is -2.38. The van der Waals surface area contributed by atoms with Crippen LogP contribution >= 0.6 is 39.0 Å². The van der Waals surface area contributed by atoms with Crippen molar-refractivity contribution in [3.63, 3.8) is 0 Å². The van der Waals surface area contributed by atoms with E-state index in [4.69, 9.17) is 9.72 Å². The molecule has 29 heavy (non-hydrogen) atoms. The zero-order valence-corrected chi connectivity index (χ0v) is 18.8. The predicted octanol–water partition coefficient (Wildman–Crippen LogP) is 4.67. The zero-order valence-electron chi connectivity index (χ0n) is 15.5. The highest BCUT2D eigenvalue weighted by Gasteiger charge is 2.26. The van der Waals surface area contributed by atoms with Gasteiger partial charge in [-0.2, -0.15) is 0 Å². The van der Waals surface area contributed by atoms with Crippen LogP contribution in [0.15, 0.2) is 57.7 Å². The normalized spacial score (nSPS) is 16.1. The van der Waals surface area contributed by atoms with E-state index < -0.39 is 0 Å². The molecular weight excluding hydrogens is 472 g/mol. The number of halogens is 1. The van der Waals surface area contributed by atoms with Crippen LogP contribution in [0.2, 0.25) is 0 Å². The van der Waals surface area contributed by atoms with E-state index >= 15 is 0 Å². The van der Waals surface area contributed by atoms with Gasteiger partial charge in [-0.15, -0.1) is 11.3 Å². The van der Waals surface area contributed by atoms with Gasteiger partial charge in [0.1, 0.15) is 0 Å². The van der Waals surface area contributed by atoms with Gasteiger partial charge in [-0.3, -0.25) is 9.69 Å². The third-order valence-corrected chi connectivity index (χ3v) is 6.69. The minimum absolute atomic E-state index is 0.0188. The van der Waals surface area contributed by atoms with E-state index in [1.54, 1.807) is 23.4 Å². The Kier molecular flexibility index (Phi) is 6.91. The van der Waals surface area contributed by atoms with Gasteiger partial charge in [0.15, 0.2) is 10.3 Å². The van der Waals surface area contributed by atoms with Gasteiger partial charge >= 0.3 is 0 Å². The highest BCUT2D eigenvalue weighted by Crippen LogP contribution is 2.30. The first kappa shape index (κ1) is 20.5. The summed E-state index contributed by atoms with van der Waals surface area (Å²) in [4.78, 5) is 27.9. The number of thiazole rings is 1. The maximum Gasteiger partial charge on any atom is 0.239 e. The lowest BCUT2D eigenvalue weighted by Gasteiger charge is -2.22. The highest BCUT2D eigenvalue weighted by atomic mass is 79.9. The van der Waals surface area contributed by atoms with Crippen LogP contribution in [0.1, 0.15) is 12.8 Å². The van der Waals surface area contributed by atoms with Crippen molar-refractivity contribution < 1.29 is 9.53 Å². The first-order valence-electron chi connectivity index (χ1n) is 9.22. The number of ether oxygens (including phenoxy) is 1. The monoisotopic (exact) mass is 490 g/mol. The van der Waals surface area contributed by atoms with Gasteiger partial charge in [-0.05, 0) is 31.0 Å². The Balaban J connectivity index is 1.51. The van der Waals surface area contributed by atoms with Crippen LogP contribution in [-0.4, -0.2) is 45.9 Å². The van der Waals surface area contributed by atoms with Crippen molar-refractivity contribution in [3.05, 3.63) is 52.6 Å². The molecule has 150 valence electrons. The van der Waals surface area contributed by atoms with Crippen molar-refractivity contribution in [1.82, 2.24) is 15.0 Å². The van der Waals surface area contributed by atoms with Crippen molar-refractivity contribution in [2.45, 2.75) is 24.1 Å². The number of amides is 1. The maximum absolute atomic E-state index is 13.0. The average Bonchev–Trinajstić information content (AvgIpc) is 3.44. The Bertz CT molecular complexity index is 947. The average molecular weight is 491 g/mol. The standard InChI is InChI=1S/C20H19BrN4O2S2/c21-15-6-4-14(5-7-15)17-12-29-20(24-17)25(11-16-3-1-10-27-16)18(26)13-28-19-22-8-2-9-23-19/h2,4-9,12,16H,1,3,10-11,13H2/t16-/m0/s1.